The van der Waals surface area contributed by atoms with Crippen molar-refractivity contribution in [3.63, 3.8) is 0 Å². The quantitative estimate of drug-likeness (QED) is 0.756. The molecule has 0 bridgehead atoms. The molecule has 0 amide bonds. The minimum atomic E-state index is 0.522. The number of fused-ring (bicyclic) bond motifs is 1. The van der Waals surface area contributed by atoms with Gasteiger partial charge in [0, 0.05) is 19.1 Å². The summed E-state index contributed by atoms with van der Waals surface area (Å²) in [6.45, 7) is 5.18. The van der Waals surface area contributed by atoms with Crippen LogP contribution < -0.4 is 5.32 Å². The Hall–Kier alpha value is -2.47. The van der Waals surface area contributed by atoms with Crippen LogP contribution in [0.5, 0.6) is 0 Å². The highest BCUT2D eigenvalue weighted by atomic mass is 15.2. The van der Waals surface area contributed by atoms with Crippen LogP contribution >= 0.6 is 0 Å². The van der Waals surface area contributed by atoms with Gasteiger partial charge in [-0.25, -0.2) is 9.97 Å². The SMILES string of the molecule is Cc1cccc(CN2CCCC2CNc2ncc3[nH]ncc3n2)c1. The van der Waals surface area contributed by atoms with E-state index in [2.05, 4.69) is 61.6 Å². The second kappa shape index (κ2) is 6.57. The van der Waals surface area contributed by atoms with Gasteiger partial charge in [-0.05, 0) is 31.9 Å². The first kappa shape index (κ1) is 15.1. The summed E-state index contributed by atoms with van der Waals surface area (Å²) in [6, 6.07) is 9.30. The third kappa shape index (κ3) is 3.23. The lowest BCUT2D eigenvalue weighted by atomic mass is 10.1. The van der Waals surface area contributed by atoms with Crippen molar-refractivity contribution in [1.82, 2.24) is 25.1 Å². The summed E-state index contributed by atoms with van der Waals surface area (Å²) in [6.07, 6.45) is 5.96. The van der Waals surface area contributed by atoms with E-state index in [1.807, 2.05) is 0 Å². The van der Waals surface area contributed by atoms with Crippen LogP contribution in [-0.2, 0) is 6.54 Å². The summed E-state index contributed by atoms with van der Waals surface area (Å²) < 4.78 is 0. The molecule has 124 valence electrons. The van der Waals surface area contributed by atoms with Crippen molar-refractivity contribution >= 4 is 17.0 Å². The summed E-state index contributed by atoms with van der Waals surface area (Å²) in [7, 11) is 0. The molecule has 0 saturated carbocycles. The summed E-state index contributed by atoms with van der Waals surface area (Å²) in [5.41, 5.74) is 4.42. The number of rotatable bonds is 5. The van der Waals surface area contributed by atoms with Gasteiger partial charge in [0.1, 0.15) is 11.0 Å². The van der Waals surface area contributed by atoms with Gasteiger partial charge < -0.3 is 5.32 Å². The minimum Gasteiger partial charge on any atom is -0.353 e. The highest BCUT2D eigenvalue weighted by Gasteiger charge is 2.24. The van der Waals surface area contributed by atoms with Gasteiger partial charge in [0.2, 0.25) is 5.95 Å². The lowest BCUT2D eigenvalue weighted by Gasteiger charge is -2.25. The Bertz CT molecular complexity index is 827. The molecule has 1 unspecified atom stereocenters. The topological polar surface area (TPSA) is 69.7 Å². The molecule has 6 heteroatoms. The molecule has 6 nitrogen and oxygen atoms in total. The van der Waals surface area contributed by atoms with Crippen molar-refractivity contribution in [2.45, 2.75) is 32.4 Å². The third-order valence-corrected chi connectivity index (χ3v) is 4.65. The first-order chi connectivity index (χ1) is 11.8. The Morgan fingerprint density at radius 1 is 1.33 bits per heavy atom. The van der Waals surface area contributed by atoms with Gasteiger partial charge >= 0.3 is 0 Å². The van der Waals surface area contributed by atoms with E-state index in [9.17, 15) is 0 Å². The molecule has 24 heavy (non-hydrogen) atoms. The van der Waals surface area contributed by atoms with Crippen LogP contribution in [0.3, 0.4) is 0 Å². The first-order valence-electron chi connectivity index (χ1n) is 8.47. The van der Waals surface area contributed by atoms with E-state index in [0.29, 0.717) is 12.0 Å². The summed E-state index contributed by atoms with van der Waals surface area (Å²) >= 11 is 0. The average molecular weight is 322 g/mol. The molecular weight excluding hydrogens is 300 g/mol. The summed E-state index contributed by atoms with van der Waals surface area (Å²) in [5, 5.41) is 10.2. The standard InChI is InChI=1S/C18H22N6/c1-13-4-2-5-14(8-13)12-24-7-3-6-15(24)9-19-18-20-10-17-16(22-18)11-21-23-17/h2,4-5,8,10-11,15H,3,6-7,9,12H2,1H3,(H,21,23)(H,19,20,22). The van der Waals surface area contributed by atoms with Crippen LogP contribution in [0.4, 0.5) is 5.95 Å². The van der Waals surface area contributed by atoms with Gasteiger partial charge in [-0.15, -0.1) is 0 Å². The molecule has 1 atom stereocenters. The molecule has 1 aliphatic rings. The third-order valence-electron chi connectivity index (χ3n) is 4.65. The lowest BCUT2D eigenvalue weighted by Crippen LogP contribution is -2.34. The Kier molecular flexibility index (Phi) is 4.13. The predicted molar refractivity (Wildman–Crippen MR) is 94.8 cm³/mol. The van der Waals surface area contributed by atoms with E-state index in [-0.39, 0.29) is 0 Å². The van der Waals surface area contributed by atoms with Crippen molar-refractivity contribution in [3.8, 4) is 0 Å². The summed E-state index contributed by atoms with van der Waals surface area (Å²) in [5.74, 6) is 0.673. The number of hydrogen-bond donors (Lipinski definition) is 2. The molecule has 1 aliphatic heterocycles. The zero-order chi connectivity index (χ0) is 16.4. The number of nitrogens with zero attached hydrogens (tertiary/aromatic N) is 4. The maximum atomic E-state index is 4.48. The molecule has 3 aromatic rings. The van der Waals surface area contributed by atoms with E-state index >= 15 is 0 Å². The number of nitrogens with one attached hydrogen (secondary N) is 2. The average Bonchev–Trinajstić information content (AvgIpc) is 3.21. The first-order valence-corrected chi connectivity index (χ1v) is 8.47. The number of aromatic nitrogens is 4. The second-order valence-corrected chi connectivity index (χ2v) is 6.50. The van der Waals surface area contributed by atoms with Crippen LogP contribution in [0.25, 0.3) is 11.0 Å². The second-order valence-electron chi connectivity index (χ2n) is 6.50. The monoisotopic (exact) mass is 322 g/mol. The van der Waals surface area contributed by atoms with Crippen LogP contribution in [0.2, 0.25) is 0 Å². The van der Waals surface area contributed by atoms with E-state index in [1.165, 1.54) is 24.0 Å². The fourth-order valence-corrected chi connectivity index (χ4v) is 3.42. The van der Waals surface area contributed by atoms with Crippen molar-refractivity contribution in [1.29, 1.82) is 0 Å². The summed E-state index contributed by atoms with van der Waals surface area (Å²) in [4.78, 5) is 11.4. The Balaban J connectivity index is 1.39. The van der Waals surface area contributed by atoms with E-state index < -0.39 is 0 Å². The molecule has 0 aliphatic carbocycles. The molecule has 1 saturated heterocycles. The molecule has 2 N–H and O–H groups in total. The van der Waals surface area contributed by atoms with Crippen LogP contribution in [0.1, 0.15) is 24.0 Å². The van der Waals surface area contributed by atoms with E-state index in [4.69, 9.17) is 0 Å². The zero-order valence-electron chi connectivity index (χ0n) is 13.9. The smallest absolute Gasteiger partial charge is 0.223 e. The van der Waals surface area contributed by atoms with Gasteiger partial charge in [0.15, 0.2) is 0 Å². The zero-order valence-corrected chi connectivity index (χ0v) is 13.9. The molecule has 1 aromatic carbocycles. The predicted octanol–water partition coefficient (Wildman–Crippen LogP) is 2.74. The van der Waals surface area contributed by atoms with E-state index in [0.717, 1.165) is 30.7 Å². The van der Waals surface area contributed by atoms with Gasteiger partial charge in [0.25, 0.3) is 0 Å². The number of benzene rings is 1. The number of hydrogen-bond acceptors (Lipinski definition) is 5. The molecule has 0 radical (unpaired) electrons. The number of likely N-dealkylation sites (tertiary alicyclic amines) is 1. The van der Waals surface area contributed by atoms with Gasteiger partial charge in [-0.1, -0.05) is 29.8 Å². The largest absolute Gasteiger partial charge is 0.353 e. The Labute approximate surface area is 141 Å². The number of H-pyrrole nitrogens is 1. The van der Waals surface area contributed by atoms with Crippen molar-refractivity contribution in [2.24, 2.45) is 0 Å². The highest BCUT2D eigenvalue weighted by Crippen LogP contribution is 2.21. The molecule has 0 spiro atoms. The Morgan fingerprint density at radius 2 is 2.29 bits per heavy atom. The molecule has 4 rings (SSSR count). The fourth-order valence-electron chi connectivity index (χ4n) is 3.42. The van der Waals surface area contributed by atoms with Crippen LogP contribution in [-0.4, -0.2) is 44.2 Å². The molecule has 1 fully saturated rings. The van der Waals surface area contributed by atoms with Crippen molar-refractivity contribution < 1.29 is 0 Å². The van der Waals surface area contributed by atoms with E-state index in [1.54, 1.807) is 12.4 Å². The van der Waals surface area contributed by atoms with Crippen LogP contribution in [0.15, 0.2) is 36.7 Å². The van der Waals surface area contributed by atoms with Crippen LogP contribution in [0, 0.1) is 6.92 Å². The maximum absolute atomic E-state index is 4.48. The molecule has 3 heterocycles. The van der Waals surface area contributed by atoms with Gasteiger partial charge in [0.05, 0.1) is 12.4 Å². The number of anilines is 1. The number of aromatic amines is 1. The van der Waals surface area contributed by atoms with Crippen molar-refractivity contribution in [2.75, 3.05) is 18.4 Å². The normalized spacial score (nSPS) is 18.3. The van der Waals surface area contributed by atoms with Gasteiger partial charge in [-0.2, -0.15) is 5.10 Å². The minimum absolute atomic E-state index is 0.522. The molecule has 2 aromatic heterocycles. The maximum Gasteiger partial charge on any atom is 0.223 e. The Morgan fingerprint density at radius 3 is 3.21 bits per heavy atom. The fraction of sp³-hybridized carbons (Fsp3) is 0.389. The number of aryl methyl sites for hydroxylation is 1. The molecular formula is C18H22N6. The lowest BCUT2D eigenvalue weighted by molar-refractivity contribution is 0.254. The van der Waals surface area contributed by atoms with Crippen molar-refractivity contribution in [3.05, 3.63) is 47.8 Å². The van der Waals surface area contributed by atoms with Gasteiger partial charge in [-0.3, -0.25) is 10.00 Å². The highest BCUT2D eigenvalue weighted by molar-refractivity contribution is 5.73.